The fourth-order valence-corrected chi connectivity index (χ4v) is 1.86. The molecule has 0 aromatic heterocycles. The van der Waals surface area contributed by atoms with Crippen LogP contribution in [0.4, 0.5) is 10.5 Å². The van der Waals surface area contributed by atoms with E-state index in [1.807, 2.05) is 31.2 Å². The van der Waals surface area contributed by atoms with Gasteiger partial charge in [-0.3, -0.25) is 4.79 Å². The Morgan fingerprint density at radius 2 is 1.73 bits per heavy atom. The van der Waals surface area contributed by atoms with Crippen molar-refractivity contribution in [3.05, 3.63) is 71.4 Å². The number of rotatable bonds is 4. The third-order valence-corrected chi connectivity index (χ3v) is 3.01. The molecule has 5 heteroatoms. The Balaban J connectivity index is 1.96. The molecule has 0 saturated heterocycles. The fourth-order valence-electron chi connectivity index (χ4n) is 1.86. The summed E-state index contributed by atoms with van der Waals surface area (Å²) in [5.41, 5.74) is 8.04. The number of benzene rings is 2. The molecule has 0 aliphatic heterocycles. The largest absolute Gasteiger partial charge is 0.366 e. The molecule has 0 spiro atoms. The lowest BCUT2D eigenvalue weighted by molar-refractivity contribution is 0.100. The number of primary amides is 1. The van der Waals surface area contributed by atoms with E-state index in [2.05, 4.69) is 10.6 Å². The number of hydrogen-bond donors (Lipinski definition) is 3. The molecular formula is C17H17N3O2. The minimum absolute atomic E-state index is 0.264. The van der Waals surface area contributed by atoms with Crippen LogP contribution in [-0.4, -0.2) is 11.9 Å². The topological polar surface area (TPSA) is 84.2 Å². The number of para-hydroxylation sites is 1. The first kappa shape index (κ1) is 15.3. The maximum Gasteiger partial charge on any atom is 0.323 e. The molecule has 2 aromatic rings. The SMILES string of the molecule is Cc1ccc(/C=C/NC(=O)Nc2ccccc2C(N)=O)cc1. The van der Waals surface area contributed by atoms with Gasteiger partial charge in [0.05, 0.1) is 11.3 Å². The van der Waals surface area contributed by atoms with E-state index in [-0.39, 0.29) is 5.56 Å². The second-order valence-electron chi connectivity index (χ2n) is 4.75. The normalized spacial score (nSPS) is 10.4. The van der Waals surface area contributed by atoms with Gasteiger partial charge in [-0.1, -0.05) is 42.0 Å². The molecule has 0 aliphatic rings. The molecule has 22 heavy (non-hydrogen) atoms. The van der Waals surface area contributed by atoms with E-state index in [1.54, 1.807) is 30.3 Å². The predicted molar refractivity (Wildman–Crippen MR) is 87.3 cm³/mol. The van der Waals surface area contributed by atoms with Crippen LogP contribution in [-0.2, 0) is 0 Å². The highest BCUT2D eigenvalue weighted by molar-refractivity contribution is 6.02. The van der Waals surface area contributed by atoms with E-state index in [0.717, 1.165) is 5.56 Å². The molecular weight excluding hydrogens is 278 g/mol. The number of nitrogens with one attached hydrogen (secondary N) is 2. The van der Waals surface area contributed by atoms with E-state index in [1.165, 1.54) is 11.8 Å². The Hall–Kier alpha value is -3.08. The van der Waals surface area contributed by atoms with Crippen LogP contribution in [0.25, 0.3) is 6.08 Å². The van der Waals surface area contributed by atoms with Gasteiger partial charge in [0.15, 0.2) is 0 Å². The molecule has 0 bridgehead atoms. The number of carbonyl (C=O) groups excluding carboxylic acids is 2. The number of anilines is 1. The van der Waals surface area contributed by atoms with Crippen molar-refractivity contribution in [1.82, 2.24) is 5.32 Å². The summed E-state index contributed by atoms with van der Waals surface area (Å²) in [4.78, 5) is 23.1. The number of amides is 3. The van der Waals surface area contributed by atoms with Crippen molar-refractivity contribution >= 4 is 23.7 Å². The lowest BCUT2D eigenvalue weighted by atomic mass is 10.1. The Morgan fingerprint density at radius 3 is 2.41 bits per heavy atom. The second-order valence-corrected chi connectivity index (χ2v) is 4.75. The summed E-state index contributed by atoms with van der Waals surface area (Å²) < 4.78 is 0. The molecule has 0 fully saturated rings. The lowest BCUT2D eigenvalue weighted by Crippen LogP contribution is -2.25. The highest BCUT2D eigenvalue weighted by Gasteiger charge is 2.08. The highest BCUT2D eigenvalue weighted by Crippen LogP contribution is 2.13. The third kappa shape index (κ3) is 4.21. The maximum absolute atomic E-state index is 11.8. The van der Waals surface area contributed by atoms with Crippen LogP contribution in [0.2, 0.25) is 0 Å². The van der Waals surface area contributed by atoms with Gasteiger partial charge in [0.2, 0.25) is 0 Å². The summed E-state index contributed by atoms with van der Waals surface area (Å²) in [6.45, 7) is 2.01. The zero-order chi connectivity index (χ0) is 15.9. The van der Waals surface area contributed by atoms with Crippen molar-refractivity contribution in [2.45, 2.75) is 6.92 Å². The van der Waals surface area contributed by atoms with Crippen molar-refractivity contribution in [2.24, 2.45) is 5.73 Å². The quantitative estimate of drug-likeness (QED) is 0.810. The number of hydrogen-bond acceptors (Lipinski definition) is 2. The van der Waals surface area contributed by atoms with Gasteiger partial charge in [-0.2, -0.15) is 0 Å². The van der Waals surface area contributed by atoms with Crippen LogP contribution in [0.1, 0.15) is 21.5 Å². The van der Waals surface area contributed by atoms with Crippen LogP contribution < -0.4 is 16.4 Å². The van der Waals surface area contributed by atoms with E-state index in [4.69, 9.17) is 5.73 Å². The molecule has 0 aliphatic carbocycles. The molecule has 0 saturated carbocycles. The van der Waals surface area contributed by atoms with Crippen molar-refractivity contribution in [3.63, 3.8) is 0 Å². The maximum atomic E-state index is 11.8. The molecule has 0 heterocycles. The number of nitrogens with two attached hydrogens (primary N) is 1. The Labute approximate surface area is 128 Å². The minimum Gasteiger partial charge on any atom is -0.366 e. The molecule has 3 amide bonds. The van der Waals surface area contributed by atoms with Crippen LogP contribution >= 0.6 is 0 Å². The molecule has 0 atom stereocenters. The average Bonchev–Trinajstić information content (AvgIpc) is 2.49. The summed E-state index contributed by atoms with van der Waals surface area (Å²) in [6.07, 6.45) is 3.31. The zero-order valence-electron chi connectivity index (χ0n) is 12.2. The predicted octanol–water partition coefficient (Wildman–Crippen LogP) is 2.89. The standard InChI is InChI=1S/C17H17N3O2/c1-12-6-8-13(9-7-12)10-11-19-17(22)20-15-5-3-2-4-14(15)16(18)21/h2-11H,1H3,(H2,18,21)(H2,19,20,22)/b11-10+. The van der Waals surface area contributed by atoms with Crippen LogP contribution in [0.15, 0.2) is 54.7 Å². The number of urea groups is 1. The van der Waals surface area contributed by atoms with Gasteiger partial charge in [0.1, 0.15) is 0 Å². The number of aryl methyl sites for hydroxylation is 1. The average molecular weight is 295 g/mol. The first-order chi connectivity index (χ1) is 10.6. The van der Waals surface area contributed by atoms with E-state index in [9.17, 15) is 9.59 Å². The van der Waals surface area contributed by atoms with Gasteiger partial charge in [-0.15, -0.1) is 0 Å². The van der Waals surface area contributed by atoms with Crippen LogP contribution in [0.5, 0.6) is 0 Å². The summed E-state index contributed by atoms with van der Waals surface area (Å²) >= 11 is 0. The smallest absolute Gasteiger partial charge is 0.323 e. The fraction of sp³-hybridized carbons (Fsp3) is 0.0588. The van der Waals surface area contributed by atoms with Crippen molar-refractivity contribution < 1.29 is 9.59 Å². The summed E-state index contributed by atoms with van der Waals surface area (Å²) in [7, 11) is 0. The molecule has 0 radical (unpaired) electrons. The van der Waals surface area contributed by atoms with Gasteiger partial charge >= 0.3 is 6.03 Å². The lowest BCUT2D eigenvalue weighted by Gasteiger charge is -2.08. The Kier molecular flexibility index (Phi) is 4.93. The van der Waals surface area contributed by atoms with Crippen molar-refractivity contribution in [1.29, 1.82) is 0 Å². The molecule has 112 valence electrons. The van der Waals surface area contributed by atoms with Gasteiger partial charge in [-0.25, -0.2) is 4.79 Å². The zero-order valence-corrected chi connectivity index (χ0v) is 12.2. The summed E-state index contributed by atoms with van der Waals surface area (Å²) in [6, 6.07) is 14.0. The molecule has 5 nitrogen and oxygen atoms in total. The van der Waals surface area contributed by atoms with Crippen LogP contribution in [0.3, 0.4) is 0 Å². The molecule has 2 rings (SSSR count). The number of carbonyl (C=O) groups is 2. The first-order valence-electron chi connectivity index (χ1n) is 6.76. The third-order valence-electron chi connectivity index (χ3n) is 3.01. The highest BCUT2D eigenvalue weighted by atomic mass is 16.2. The van der Waals surface area contributed by atoms with Gasteiger partial charge in [0, 0.05) is 6.20 Å². The van der Waals surface area contributed by atoms with E-state index >= 15 is 0 Å². The Morgan fingerprint density at radius 1 is 1.05 bits per heavy atom. The second kappa shape index (κ2) is 7.08. The first-order valence-corrected chi connectivity index (χ1v) is 6.76. The monoisotopic (exact) mass is 295 g/mol. The molecule has 2 aromatic carbocycles. The van der Waals surface area contributed by atoms with Gasteiger partial charge in [-0.05, 0) is 30.7 Å². The minimum atomic E-state index is -0.592. The van der Waals surface area contributed by atoms with Crippen molar-refractivity contribution in [3.8, 4) is 0 Å². The van der Waals surface area contributed by atoms with E-state index < -0.39 is 11.9 Å². The van der Waals surface area contributed by atoms with Gasteiger partial charge < -0.3 is 16.4 Å². The Bertz CT molecular complexity index is 706. The van der Waals surface area contributed by atoms with Crippen LogP contribution in [0, 0.1) is 6.92 Å². The molecule has 4 N–H and O–H groups in total. The molecule has 0 unspecified atom stereocenters. The summed E-state index contributed by atoms with van der Waals surface area (Å²) in [5.74, 6) is -0.592. The summed E-state index contributed by atoms with van der Waals surface area (Å²) in [5, 5.41) is 5.16. The van der Waals surface area contributed by atoms with Crippen molar-refractivity contribution in [2.75, 3.05) is 5.32 Å². The van der Waals surface area contributed by atoms with Gasteiger partial charge in [0.25, 0.3) is 5.91 Å². The van der Waals surface area contributed by atoms with E-state index in [0.29, 0.717) is 5.69 Å².